The number of amides is 4. The molecule has 3 aromatic rings. The van der Waals surface area contributed by atoms with Crippen molar-refractivity contribution in [2.24, 2.45) is 5.92 Å². The van der Waals surface area contributed by atoms with Crippen LogP contribution in [0.25, 0.3) is 0 Å². The van der Waals surface area contributed by atoms with E-state index < -0.39 is 59.4 Å². The Hall–Kier alpha value is -5.32. The fraction of sp³-hybridized carbons (Fsp3) is 0.273. The molecule has 3 aromatic carbocycles. The van der Waals surface area contributed by atoms with Crippen LogP contribution in [0.4, 0.5) is 0 Å². The van der Waals surface area contributed by atoms with E-state index in [0.29, 0.717) is 11.1 Å². The maximum atomic E-state index is 13.3. The van der Waals surface area contributed by atoms with Crippen molar-refractivity contribution in [3.05, 3.63) is 107 Å². The molecule has 5 N–H and O–H groups in total. The van der Waals surface area contributed by atoms with E-state index in [1.807, 2.05) is 30.3 Å². The van der Waals surface area contributed by atoms with E-state index in [1.165, 1.54) is 25.1 Å². The number of aromatic carboxylic acids is 1. The van der Waals surface area contributed by atoms with Crippen LogP contribution < -0.4 is 21.3 Å². The number of ketones is 1. The van der Waals surface area contributed by atoms with Gasteiger partial charge in [0.25, 0.3) is 11.8 Å². The van der Waals surface area contributed by atoms with E-state index in [4.69, 9.17) is 5.11 Å². The zero-order valence-corrected chi connectivity index (χ0v) is 24.7. The summed E-state index contributed by atoms with van der Waals surface area (Å²) in [5.74, 6) is -5.18. The normalized spacial score (nSPS) is 12.7. The highest BCUT2D eigenvalue weighted by atomic mass is 16.4. The smallest absolute Gasteiger partial charge is 0.335 e. The molecule has 4 amide bonds. The van der Waals surface area contributed by atoms with Gasteiger partial charge >= 0.3 is 5.97 Å². The summed E-state index contributed by atoms with van der Waals surface area (Å²) < 4.78 is 0. The maximum absolute atomic E-state index is 13.3. The first-order chi connectivity index (χ1) is 21.0. The Bertz CT molecular complexity index is 1490. The minimum Gasteiger partial charge on any atom is -0.478 e. The van der Waals surface area contributed by atoms with Crippen LogP contribution in [-0.4, -0.2) is 58.6 Å². The zero-order valence-electron chi connectivity index (χ0n) is 24.7. The predicted molar refractivity (Wildman–Crippen MR) is 162 cm³/mol. The number of Topliss-reactive ketones (excluding diaryl/α,β-unsaturated/α-hetero) is 1. The highest BCUT2D eigenvalue weighted by molar-refractivity contribution is 6.38. The number of nitrogens with one attached hydrogen (secondary N) is 4. The van der Waals surface area contributed by atoms with E-state index >= 15 is 0 Å². The van der Waals surface area contributed by atoms with Gasteiger partial charge in [-0.2, -0.15) is 0 Å². The minimum atomic E-state index is -1.19. The van der Waals surface area contributed by atoms with Crippen molar-refractivity contribution >= 4 is 35.4 Å². The molecule has 230 valence electrons. The molecule has 11 heteroatoms. The Morgan fingerprint density at radius 2 is 1.27 bits per heavy atom. The van der Waals surface area contributed by atoms with Crippen molar-refractivity contribution in [3.8, 4) is 0 Å². The standard InChI is InChI=1S/C33H36N4O7/c1-20(2)27(28(38)32(42)34-19-23-13-10-16-25(17-23)33(43)44)37-29(39)21(3)35-31(41)26(18-22-11-6-4-7-12-22)36-30(40)24-14-8-5-9-15-24/h4-17,20-21,26-27H,18-19H2,1-3H3,(H,34,42)(H,35,41)(H,36,40)(H,37,39)(H,43,44)/t21-,26-,27-/m0/s1. The second kappa shape index (κ2) is 15.8. The van der Waals surface area contributed by atoms with E-state index in [9.17, 15) is 28.8 Å². The molecule has 11 nitrogen and oxygen atoms in total. The van der Waals surface area contributed by atoms with Crippen molar-refractivity contribution < 1.29 is 33.9 Å². The molecule has 0 heterocycles. The molecule has 3 atom stereocenters. The van der Waals surface area contributed by atoms with Gasteiger partial charge in [0, 0.05) is 18.5 Å². The molecule has 0 saturated carbocycles. The first-order valence-electron chi connectivity index (χ1n) is 14.1. The molecular weight excluding hydrogens is 564 g/mol. The number of hydrogen-bond acceptors (Lipinski definition) is 6. The monoisotopic (exact) mass is 600 g/mol. The van der Waals surface area contributed by atoms with Crippen LogP contribution in [0.5, 0.6) is 0 Å². The minimum absolute atomic E-state index is 0.0390. The second-order valence-corrected chi connectivity index (χ2v) is 10.6. The van der Waals surface area contributed by atoms with E-state index in [1.54, 1.807) is 50.2 Å². The third kappa shape index (κ3) is 9.62. The maximum Gasteiger partial charge on any atom is 0.335 e. The Morgan fingerprint density at radius 1 is 0.682 bits per heavy atom. The largest absolute Gasteiger partial charge is 0.478 e. The van der Waals surface area contributed by atoms with Gasteiger partial charge < -0.3 is 26.4 Å². The lowest BCUT2D eigenvalue weighted by Crippen LogP contribution is -2.57. The van der Waals surface area contributed by atoms with Crippen molar-refractivity contribution in [1.29, 1.82) is 0 Å². The number of carboxylic acids is 1. The van der Waals surface area contributed by atoms with Gasteiger partial charge in [0.15, 0.2) is 0 Å². The number of benzene rings is 3. The molecule has 0 aliphatic carbocycles. The van der Waals surface area contributed by atoms with Gasteiger partial charge in [0.1, 0.15) is 12.1 Å². The molecule has 3 rings (SSSR count). The first-order valence-corrected chi connectivity index (χ1v) is 14.1. The summed E-state index contributed by atoms with van der Waals surface area (Å²) in [5.41, 5.74) is 1.69. The van der Waals surface area contributed by atoms with Gasteiger partial charge in [-0.05, 0) is 48.2 Å². The Morgan fingerprint density at radius 3 is 1.89 bits per heavy atom. The summed E-state index contributed by atoms with van der Waals surface area (Å²) in [4.78, 5) is 76.0. The van der Waals surface area contributed by atoms with Crippen LogP contribution in [0.3, 0.4) is 0 Å². The summed E-state index contributed by atoms with van der Waals surface area (Å²) in [6.45, 7) is 4.66. The molecule has 0 unspecified atom stereocenters. The number of carbonyl (C=O) groups is 6. The molecular formula is C33H36N4O7. The molecule has 0 aliphatic heterocycles. The molecule has 0 saturated heterocycles. The van der Waals surface area contributed by atoms with Gasteiger partial charge in [-0.1, -0.05) is 74.5 Å². The van der Waals surface area contributed by atoms with Crippen LogP contribution in [0.15, 0.2) is 84.9 Å². The quantitative estimate of drug-likeness (QED) is 0.177. The van der Waals surface area contributed by atoms with Crippen molar-refractivity contribution in [3.63, 3.8) is 0 Å². The second-order valence-electron chi connectivity index (χ2n) is 10.6. The summed E-state index contributed by atoms with van der Waals surface area (Å²) in [7, 11) is 0. The third-order valence-corrected chi connectivity index (χ3v) is 6.79. The van der Waals surface area contributed by atoms with E-state index in [2.05, 4.69) is 21.3 Å². The van der Waals surface area contributed by atoms with E-state index in [0.717, 1.165) is 5.56 Å². The third-order valence-electron chi connectivity index (χ3n) is 6.79. The predicted octanol–water partition coefficient (Wildman–Crippen LogP) is 2.26. The lowest BCUT2D eigenvalue weighted by molar-refractivity contribution is -0.141. The lowest BCUT2D eigenvalue weighted by Gasteiger charge is -2.25. The number of carboxylic acid groups (broad SMARTS) is 1. The first kappa shape index (κ1) is 33.2. The molecule has 0 spiro atoms. The van der Waals surface area contributed by atoms with Crippen LogP contribution in [0.2, 0.25) is 0 Å². The van der Waals surface area contributed by atoms with Crippen molar-refractivity contribution in [2.45, 2.75) is 51.9 Å². The molecule has 44 heavy (non-hydrogen) atoms. The summed E-state index contributed by atoms with van der Waals surface area (Å²) in [6, 6.07) is 20.1. The van der Waals surface area contributed by atoms with Gasteiger partial charge in [0.05, 0.1) is 11.6 Å². The zero-order chi connectivity index (χ0) is 32.2. The average Bonchev–Trinajstić information content (AvgIpc) is 3.02. The van der Waals surface area contributed by atoms with E-state index in [-0.39, 0.29) is 18.5 Å². The number of carbonyl (C=O) groups excluding carboxylic acids is 5. The summed E-state index contributed by atoms with van der Waals surface area (Å²) >= 11 is 0. The molecule has 0 fully saturated rings. The SMILES string of the molecule is CC(C)[C@H](NC(=O)[C@H](C)NC(=O)[C@H](Cc1ccccc1)NC(=O)c1ccccc1)C(=O)C(=O)NCc1cccc(C(=O)O)c1. The highest BCUT2D eigenvalue weighted by Crippen LogP contribution is 2.09. The van der Waals surface area contributed by atoms with Gasteiger partial charge in [-0.3, -0.25) is 24.0 Å². The van der Waals surface area contributed by atoms with Crippen LogP contribution in [0, 0.1) is 5.92 Å². The van der Waals surface area contributed by atoms with Gasteiger partial charge in [-0.25, -0.2) is 4.79 Å². The summed E-state index contributed by atoms with van der Waals surface area (Å²) in [5, 5.41) is 19.5. The fourth-order valence-corrected chi connectivity index (χ4v) is 4.31. The number of rotatable bonds is 14. The van der Waals surface area contributed by atoms with Crippen LogP contribution >= 0.6 is 0 Å². The van der Waals surface area contributed by atoms with Crippen molar-refractivity contribution in [1.82, 2.24) is 21.3 Å². The molecule has 0 aromatic heterocycles. The van der Waals surface area contributed by atoms with Crippen LogP contribution in [-0.2, 0) is 32.1 Å². The topological polar surface area (TPSA) is 171 Å². The Labute approximate surface area is 255 Å². The molecule has 0 aliphatic rings. The van der Waals surface area contributed by atoms with Crippen molar-refractivity contribution in [2.75, 3.05) is 0 Å². The lowest BCUT2D eigenvalue weighted by atomic mass is 9.98. The highest BCUT2D eigenvalue weighted by Gasteiger charge is 2.32. The Kier molecular flexibility index (Phi) is 11.9. The Balaban J connectivity index is 1.64. The van der Waals surface area contributed by atoms with Crippen LogP contribution in [0.1, 0.15) is 52.6 Å². The number of hydrogen-bond donors (Lipinski definition) is 5. The average molecular weight is 601 g/mol. The van der Waals surface area contributed by atoms with Gasteiger partial charge in [-0.15, -0.1) is 0 Å². The summed E-state index contributed by atoms with van der Waals surface area (Å²) in [6.07, 6.45) is 0.169. The fourth-order valence-electron chi connectivity index (χ4n) is 4.31. The molecule has 0 radical (unpaired) electrons. The van der Waals surface area contributed by atoms with Gasteiger partial charge in [0.2, 0.25) is 17.6 Å². The molecule has 0 bridgehead atoms.